The third-order valence-electron chi connectivity index (χ3n) is 5.88. The smallest absolute Gasteiger partial charge is 0.268 e. The molecule has 1 aliphatic rings. The Morgan fingerprint density at radius 3 is 2.47 bits per heavy atom. The number of pyridine rings is 1. The average Bonchev–Trinajstić information content (AvgIpc) is 2.78. The van der Waals surface area contributed by atoms with Gasteiger partial charge in [0.2, 0.25) is 0 Å². The third-order valence-corrected chi connectivity index (χ3v) is 5.88. The van der Waals surface area contributed by atoms with Gasteiger partial charge in [-0.15, -0.1) is 0 Å². The average molecular weight is 432 g/mol. The summed E-state index contributed by atoms with van der Waals surface area (Å²) in [5, 5.41) is 2.62. The summed E-state index contributed by atoms with van der Waals surface area (Å²) in [6.45, 7) is 4.11. The summed E-state index contributed by atoms with van der Waals surface area (Å²) in [6.07, 6.45) is 1.63. The van der Waals surface area contributed by atoms with Crippen LogP contribution in [0.15, 0.2) is 59.4 Å². The maximum Gasteiger partial charge on any atom is 0.268 e. The van der Waals surface area contributed by atoms with E-state index in [1.807, 2.05) is 24.3 Å². The zero-order valence-electron chi connectivity index (χ0n) is 18.2. The maximum absolute atomic E-state index is 13.9. The van der Waals surface area contributed by atoms with Gasteiger partial charge in [0.15, 0.2) is 5.78 Å². The lowest BCUT2D eigenvalue weighted by molar-refractivity contribution is 0.0948. The topological polar surface area (TPSA) is 68.2 Å². The number of nitrogens with zero attached hydrogens (tertiary/aromatic N) is 1. The number of ketones is 1. The summed E-state index contributed by atoms with van der Waals surface area (Å²) in [6, 6.07) is 15.1. The van der Waals surface area contributed by atoms with E-state index < -0.39 is 17.3 Å². The van der Waals surface area contributed by atoms with E-state index in [2.05, 4.69) is 19.2 Å². The molecular weight excluding hydrogens is 407 g/mol. The minimum atomic E-state index is -0.632. The van der Waals surface area contributed by atoms with Crippen LogP contribution in [-0.2, 0) is 13.0 Å². The molecule has 3 aromatic rings. The molecule has 0 radical (unpaired) electrons. The molecule has 1 amide bonds. The molecule has 1 N–H and O–H groups in total. The molecule has 0 spiro atoms. The summed E-state index contributed by atoms with van der Waals surface area (Å²) >= 11 is 0. The number of rotatable bonds is 5. The van der Waals surface area contributed by atoms with Crippen LogP contribution in [0, 0.1) is 5.82 Å². The Morgan fingerprint density at radius 2 is 1.78 bits per heavy atom. The lowest BCUT2D eigenvalue weighted by Crippen LogP contribution is -2.36. The Hall–Kier alpha value is -3.54. The first-order valence-electron chi connectivity index (χ1n) is 10.8. The molecule has 0 saturated heterocycles. The van der Waals surface area contributed by atoms with Gasteiger partial charge in [0.25, 0.3) is 11.5 Å². The van der Waals surface area contributed by atoms with Crippen molar-refractivity contribution < 1.29 is 14.0 Å². The largest absolute Gasteiger partial charge is 0.348 e. The lowest BCUT2D eigenvalue weighted by Gasteiger charge is -2.22. The second-order valence-electron chi connectivity index (χ2n) is 8.36. The monoisotopic (exact) mass is 432 g/mol. The van der Waals surface area contributed by atoms with Gasteiger partial charge in [-0.2, -0.15) is 0 Å². The number of benzene rings is 2. The van der Waals surface area contributed by atoms with E-state index in [9.17, 15) is 18.8 Å². The van der Waals surface area contributed by atoms with E-state index in [4.69, 9.17) is 0 Å². The van der Waals surface area contributed by atoms with Crippen molar-refractivity contribution in [3.63, 3.8) is 0 Å². The number of carbonyl (C=O) groups excluding carboxylic acids is 2. The van der Waals surface area contributed by atoms with E-state index in [-0.39, 0.29) is 17.9 Å². The SMILES string of the molecule is CC(C)c1ccc(-n2c3c(cc(C(=O)NCc4ccccc4F)c2=O)C(=O)CCC3)cc1. The van der Waals surface area contributed by atoms with Crippen molar-refractivity contribution in [3.05, 3.63) is 98.7 Å². The highest BCUT2D eigenvalue weighted by atomic mass is 19.1. The standard InChI is InChI=1S/C26H25FN2O3/c1-16(2)17-10-12-19(13-11-17)29-23-8-5-9-24(30)20(23)14-21(26(29)32)25(31)28-15-18-6-3-4-7-22(18)27/h3-4,6-7,10-14,16H,5,8-9,15H2,1-2H3,(H,28,31). The first-order chi connectivity index (χ1) is 15.4. The third kappa shape index (κ3) is 4.13. The minimum Gasteiger partial charge on any atom is -0.348 e. The number of aromatic nitrogens is 1. The predicted octanol–water partition coefficient (Wildman–Crippen LogP) is 4.55. The van der Waals surface area contributed by atoms with Crippen LogP contribution in [0.1, 0.15) is 70.1 Å². The van der Waals surface area contributed by atoms with Gasteiger partial charge in [0.1, 0.15) is 11.4 Å². The zero-order chi connectivity index (χ0) is 22.8. The van der Waals surface area contributed by atoms with Crippen LogP contribution in [-0.4, -0.2) is 16.3 Å². The predicted molar refractivity (Wildman–Crippen MR) is 121 cm³/mol. The Kier molecular flexibility index (Phi) is 6.04. The fourth-order valence-electron chi connectivity index (χ4n) is 4.05. The molecule has 4 rings (SSSR count). The number of Topliss-reactive ketones (excluding diaryl/α,β-unsaturated/α-hetero) is 1. The quantitative estimate of drug-likeness (QED) is 0.643. The van der Waals surface area contributed by atoms with Crippen LogP contribution in [0.3, 0.4) is 0 Å². The number of carbonyl (C=O) groups is 2. The van der Waals surface area contributed by atoms with Crippen molar-refractivity contribution in [2.45, 2.75) is 45.6 Å². The maximum atomic E-state index is 13.9. The van der Waals surface area contributed by atoms with Crippen molar-refractivity contribution in [1.29, 1.82) is 0 Å². The second-order valence-corrected chi connectivity index (χ2v) is 8.36. The molecule has 1 heterocycles. The molecule has 0 bridgehead atoms. The number of halogens is 1. The molecule has 1 aliphatic carbocycles. The molecule has 6 heteroatoms. The number of fused-ring (bicyclic) bond motifs is 1. The number of amides is 1. The summed E-state index contributed by atoms with van der Waals surface area (Å²) in [5.74, 6) is -0.809. The molecule has 1 aromatic heterocycles. The molecule has 2 aromatic carbocycles. The Bertz CT molecular complexity index is 1240. The van der Waals surface area contributed by atoms with Crippen LogP contribution in [0.2, 0.25) is 0 Å². The molecule has 0 fully saturated rings. The normalized spacial score (nSPS) is 13.2. The molecule has 32 heavy (non-hydrogen) atoms. The van der Waals surface area contributed by atoms with Crippen molar-refractivity contribution >= 4 is 11.7 Å². The summed E-state index contributed by atoms with van der Waals surface area (Å²) in [5.41, 5.74) is 2.50. The molecule has 0 aliphatic heterocycles. The Labute approximate surface area is 185 Å². The van der Waals surface area contributed by atoms with Crippen molar-refractivity contribution in [3.8, 4) is 5.69 Å². The van der Waals surface area contributed by atoms with Gasteiger partial charge in [-0.05, 0) is 48.6 Å². The van der Waals surface area contributed by atoms with Gasteiger partial charge in [0, 0.05) is 35.5 Å². The van der Waals surface area contributed by atoms with Crippen molar-refractivity contribution in [1.82, 2.24) is 9.88 Å². The zero-order valence-corrected chi connectivity index (χ0v) is 18.2. The van der Waals surface area contributed by atoms with E-state index in [0.29, 0.717) is 47.7 Å². The second kappa shape index (κ2) is 8.91. The van der Waals surface area contributed by atoms with E-state index in [1.165, 1.54) is 16.7 Å². The minimum absolute atomic E-state index is 0.0565. The van der Waals surface area contributed by atoms with Crippen molar-refractivity contribution in [2.24, 2.45) is 0 Å². The lowest BCUT2D eigenvalue weighted by atomic mass is 9.92. The van der Waals surface area contributed by atoms with E-state index in [0.717, 1.165) is 5.56 Å². The number of hydrogen-bond acceptors (Lipinski definition) is 3. The van der Waals surface area contributed by atoms with Gasteiger partial charge in [-0.1, -0.05) is 44.2 Å². The molecule has 0 unspecified atom stereocenters. The van der Waals surface area contributed by atoms with E-state index in [1.54, 1.807) is 18.2 Å². The molecular formula is C26H25FN2O3. The highest BCUT2D eigenvalue weighted by molar-refractivity contribution is 6.01. The number of nitrogens with one attached hydrogen (secondary N) is 1. The molecule has 5 nitrogen and oxygen atoms in total. The summed E-state index contributed by atoms with van der Waals surface area (Å²) in [7, 11) is 0. The fraction of sp³-hybridized carbons (Fsp3) is 0.269. The van der Waals surface area contributed by atoms with Gasteiger partial charge in [-0.25, -0.2) is 4.39 Å². The first-order valence-corrected chi connectivity index (χ1v) is 10.8. The molecule has 0 saturated carbocycles. The van der Waals surface area contributed by atoms with Crippen molar-refractivity contribution in [2.75, 3.05) is 0 Å². The highest BCUT2D eigenvalue weighted by Gasteiger charge is 2.26. The first kappa shape index (κ1) is 21.7. The fourth-order valence-corrected chi connectivity index (χ4v) is 4.05. The summed E-state index contributed by atoms with van der Waals surface area (Å²) < 4.78 is 15.4. The molecule has 164 valence electrons. The van der Waals surface area contributed by atoms with Crippen LogP contribution in [0.4, 0.5) is 4.39 Å². The van der Waals surface area contributed by atoms with Crippen LogP contribution in [0.25, 0.3) is 5.69 Å². The van der Waals surface area contributed by atoms with Crippen LogP contribution in [0.5, 0.6) is 0 Å². The van der Waals surface area contributed by atoms with Crippen LogP contribution < -0.4 is 10.9 Å². The molecule has 0 atom stereocenters. The Balaban J connectivity index is 1.76. The number of hydrogen-bond donors (Lipinski definition) is 1. The van der Waals surface area contributed by atoms with Gasteiger partial charge in [-0.3, -0.25) is 19.0 Å². The Morgan fingerprint density at radius 1 is 1.06 bits per heavy atom. The van der Waals surface area contributed by atoms with E-state index >= 15 is 0 Å². The van der Waals surface area contributed by atoms with Crippen LogP contribution >= 0.6 is 0 Å². The van der Waals surface area contributed by atoms with Gasteiger partial charge < -0.3 is 5.32 Å². The highest BCUT2D eigenvalue weighted by Crippen LogP contribution is 2.24. The van der Waals surface area contributed by atoms with Gasteiger partial charge in [0.05, 0.1) is 0 Å². The summed E-state index contributed by atoms with van der Waals surface area (Å²) in [4.78, 5) is 38.9. The van der Waals surface area contributed by atoms with Gasteiger partial charge >= 0.3 is 0 Å².